The van der Waals surface area contributed by atoms with Gasteiger partial charge in [-0.1, -0.05) is 23.7 Å². The second-order valence-electron chi connectivity index (χ2n) is 5.84. The monoisotopic (exact) mass is 388 g/mol. The number of ether oxygens (including phenoxy) is 1. The van der Waals surface area contributed by atoms with Crippen molar-refractivity contribution in [1.29, 1.82) is 0 Å². The van der Waals surface area contributed by atoms with Crippen molar-refractivity contribution in [2.45, 2.75) is 13.3 Å². The molecule has 0 saturated heterocycles. The number of hydrogen-bond donors (Lipinski definition) is 1. The number of benzene rings is 2. The van der Waals surface area contributed by atoms with Crippen LogP contribution in [0.25, 0.3) is 11.5 Å². The van der Waals surface area contributed by atoms with E-state index in [0.717, 1.165) is 0 Å². The molecule has 3 aromatic rings. The second-order valence-corrected chi connectivity index (χ2v) is 6.28. The fraction of sp³-hybridized carbons (Fsp3) is 0.200. The van der Waals surface area contributed by atoms with Gasteiger partial charge in [0, 0.05) is 18.0 Å². The van der Waals surface area contributed by atoms with Crippen molar-refractivity contribution in [1.82, 2.24) is 10.3 Å². The maximum absolute atomic E-state index is 13.8. The van der Waals surface area contributed by atoms with Gasteiger partial charge in [0.05, 0.1) is 11.3 Å². The fourth-order valence-electron chi connectivity index (χ4n) is 2.46. The molecule has 1 N–H and O–H groups in total. The Balaban J connectivity index is 1.49. The lowest BCUT2D eigenvalue weighted by Crippen LogP contribution is -2.30. The Morgan fingerprint density at radius 1 is 1.22 bits per heavy atom. The Morgan fingerprint density at radius 3 is 2.70 bits per heavy atom. The maximum Gasteiger partial charge on any atom is 0.257 e. The number of nitrogens with zero attached hydrogens (tertiary/aromatic N) is 1. The van der Waals surface area contributed by atoms with Gasteiger partial charge in [-0.15, -0.1) is 0 Å². The summed E-state index contributed by atoms with van der Waals surface area (Å²) in [7, 11) is 0. The van der Waals surface area contributed by atoms with Gasteiger partial charge in [-0.25, -0.2) is 9.37 Å². The third-order valence-corrected chi connectivity index (χ3v) is 4.12. The molecule has 1 aromatic heterocycles. The maximum atomic E-state index is 13.8. The minimum Gasteiger partial charge on any atom is -0.484 e. The highest BCUT2D eigenvalue weighted by Crippen LogP contribution is 2.24. The third-order valence-electron chi connectivity index (χ3n) is 3.86. The molecule has 27 heavy (non-hydrogen) atoms. The first-order valence-corrected chi connectivity index (χ1v) is 8.77. The molecule has 0 radical (unpaired) electrons. The molecular weight excluding hydrogens is 371 g/mol. The summed E-state index contributed by atoms with van der Waals surface area (Å²) >= 11 is 5.79. The van der Waals surface area contributed by atoms with Crippen LogP contribution in [-0.4, -0.2) is 24.0 Å². The Labute approximate surface area is 161 Å². The Bertz CT molecular complexity index is 925. The van der Waals surface area contributed by atoms with Gasteiger partial charge in [-0.3, -0.25) is 4.79 Å². The van der Waals surface area contributed by atoms with Crippen molar-refractivity contribution >= 4 is 17.5 Å². The number of aryl methyl sites for hydroxylation is 1. The van der Waals surface area contributed by atoms with E-state index in [1.807, 2.05) is 0 Å². The van der Waals surface area contributed by atoms with Gasteiger partial charge in [0.15, 0.2) is 6.61 Å². The number of aromatic nitrogens is 1. The zero-order valence-corrected chi connectivity index (χ0v) is 15.4. The van der Waals surface area contributed by atoms with Crippen molar-refractivity contribution in [3.8, 4) is 17.2 Å². The molecule has 3 rings (SSSR count). The van der Waals surface area contributed by atoms with Crippen LogP contribution >= 0.6 is 11.6 Å². The molecule has 5 nitrogen and oxygen atoms in total. The quantitative estimate of drug-likeness (QED) is 0.659. The van der Waals surface area contributed by atoms with E-state index < -0.39 is 5.82 Å². The molecule has 0 aliphatic carbocycles. The van der Waals surface area contributed by atoms with E-state index in [4.69, 9.17) is 20.8 Å². The van der Waals surface area contributed by atoms with Gasteiger partial charge in [0.2, 0.25) is 5.89 Å². The van der Waals surface area contributed by atoms with Crippen LogP contribution in [0.4, 0.5) is 4.39 Å². The van der Waals surface area contributed by atoms with Gasteiger partial charge < -0.3 is 14.5 Å². The van der Waals surface area contributed by atoms with Crippen LogP contribution in [0.3, 0.4) is 0 Å². The summed E-state index contributed by atoms with van der Waals surface area (Å²) in [6, 6.07) is 13.1. The molecule has 0 aliphatic rings. The van der Waals surface area contributed by atoms with Crippen molar-refractivity contribution < 1.29 is 18.3 Å². The zero-order valence-electron chi connectivity index (χ0n) is 14.7. The molecular formula is C20H18ClFN2O3. The normalized spacial score (nSPS) is 10.6. The van der Waals surface area contributed by atoms with Crippen molar-refractivity contribution in [3.05, 3.63) is 70.8 Å². The molecule has 1 heterocycles. The Kier molecular flexibility index (Phi) is 6.08. The molecule has 0 aliphatic heterocycles. The first-order valence-electron chi connectivity index (χ1n) is 8.39. The van der Waals surface area contributed by atoms with Crippen molar-refractivity contribution in [2.75, 3.05) is 13.2 Å². The summed E-state index contributed by atoms with van der Waals surface area (Å²) in [5.41, 5.74) is 0.986. The molecule has 0 unspecified atom stereocenters. The van der Waals surface area contributed by atoms with E-state index in [2.05, 4.69) is 10.3 Å². The topological polar surface area (TPSA) is 64.4 Å². The predicted octanol–water partition coefficient (Wildman–Crippen LogP) is 4.18. The van der Waals surface area contributed by atoms with Crippen LogP contribution in [0, 0.1) is 12.7 Å². The lowest BCUT2D eigenvalue weighted by atomic mass is 10.2. The molecule has 0 bridgehead atoms. The summed E-state index contributed by atoms with van der Waals surface area (Å²) in [5, 5.41) is 3.36. The summed E-state index contributed by atoms with van der Waals surface area (Å²) in [6.07, 6.45) is 0.469. The third kappa shape index (κ3) is 5.08. The zero-order chi connectivity index (χ0) is 19.2. The Hall–Kier alpha value is -2.86. The van der Waals surface area contributed by atoms with E-state index in [9.17, 15) is 9.18 Å². The lowest BCUT2D eigenvalue weighted by Gasteiger charge is -2.07. The van der Waals surface area contributed by atoms with Crippen LogP contribution in [0.5, 0.6) is 5.75 Å². The van der Waals surface area contributed by atoms with E-state index in [1.165, 1.54) is 6.07 Å². The van der Waals surface area contributed by atoms with E-state index in [0.29, 0.717) is 40.8 Å². The Morgan fingerprint density at radius 2 is 1.96 bits per heavy atom. The SMILES string of the molecule is Cc1oc(-c2ccccc2F)nc1CCNC(=O)COc1ccc(Cl)cc1. The average Bonchev–Trinajstić information content (AvgIpc) is 3.02. The minimum atomic E-state index is -0.391. The highest BCUT2D eigenvalue weighted by Gasteiger charge is 2.14. The standard InChI is InChI=1S/C20H18ClFN2O3/c1-13-18(24-20(27-13)16-4-2-3-5-17(16)22)10-11-23-19(25)12-26-15-8-6-14(21)7-9-15/h2-9H,10-12H2,1H3,(H,23,25). The van der Waals surface area contributed by atoms with Gasteiger partial charge >= 0.3 is 0 Å². The van der Waals surface area contributed by atoms with E-state index in [1.54, 1.807) is 49.4 Å². The van der Waals surface area contributed by atoms with Gasteiger partial charge in [-0.05, 0) is 43.3 Å². The number of halogens is 2. The molecule has 7 heteroatoms. The fourth-order valence-corrected chi connectivity index (χ4v) is 2.59. The molecule has 0 fully saturated rings. The number of rotatable bonds is 7. The molecule has 0 spiro atoms. The highest BCUT2D eigenvalue weighted by atomic mass is 35.5. The minimum absolute atomic E-state index is 0.0973. The first kappa shape index (κ1) is 18.9. The first-order chi connectivity index (χ1) is 13.0. The molecule has 2 aromatic carbocycles. The average molecular weight is 389 g/mol. The molecule has 1 amide bonds. The molecule has 0 atom stereocenters. The second kappa shape index (κ2) is 8.68. The molecule has 0 saturated carbocycles. The number of oxazole rings is 1. The van der Waals surface area contributed by atoms with Gasteiger partial charge in [0.1, 0.15) is 17.3 Å². The van der Waals surface area contributed by atoms with Gasteiger partial charge in [-0.2, -0.15) is 0 Å². The van der Waals surface area contributed by atoms with Crippen LogP contribution in [0.2, 0.25) is 5.02 Å². The molecule has 140 valence electrons. The van der Waals surface area contributed by atoms with E-state index in [-0.39, 0.29) is 18.4 Å². The summed E-state index contributed by atoms with van der Waals surface area (Å²) in [6.45, 7) is 2.03. The van der Waals surface area contributed by atoms with Crippen LogP contribution in [-0.2, 0) is 11.2 Å². The number of amides is 1. The lowest BCUT2D eigenvalue weighted by molar-refractivity contribution is -0.123. The summed E-state index contributed by atoms with van der Waals surface area (Å²) in [5.74, 6) is 0.757. The number of carbonyl (C=O) groups excluding carboxylic acids is 1. The van der Waals surface area contributed by atoms with Crippen LogP contribution < -0.4 is 10.1 Å². The number of carbonyl (C=O) groups is 1. The number of nitrogens with one attached hydrogen (secondary N) is 1. The van der Waals surface area contributed by atoms with E-state index >= 15 is 0 Å². The van der Waals surface area contributed by atoms with Crippen LogP contribution in [0.1, 0.15) is 11.5 Å². The summed E-state index contributed by atoms with van der Waals surface area (Å²) in [4.78, 5) is 16.2. The highest BCUT2D eigenvalue weighted by molar-refractivity contribution is 6.30. The smallest absolute Gasteiger partial charge is 0.257 e. The van der Waals surface area contributed by atoms with Crippen molar-refractivity contribution in [3.63, 3.8) is 0 Å². The van der Waals surface area contributed by atoms with Crippen LogP contribution in [0.15, 0.2) is 52.9 Å². The van der Waals surface area contributed by atoms with Crippen molar-refractivity contribution in [2.24, 2.45) is 0 Å². The predicted molar refractivity (Wildman–Crippen MR) is 100 cm³/mol. The van der Waals surface area contributed by atoms with Gasteiger partial charge in [0.25, 0.3) is 5.91 Å². The number of hydrogen-bond acceptors (Lipinski definition) is 4. The largest absolute Gasteiger partial charge is 0.484 e. The summed E-state index contributed by atoms with van der Waals surface area (Å²) < 4.78 is 24.8.